The zero-order valence-corrected chi connectivity index (χ0v) is 11.2. The van der Waals surface area contributed by atoms with Gasteiger partial charge in [-0.2, -0.15) is 0 Å². The lowest BCUT2D eigenvalue weighted by Gasteiger charge is -2.14. The zero-order chi connectivity index (χ0) is 13.5. The summed E-state index contributed by atoms with van der Waals surface area (Å²) in [6, 6.07) is 5.39. The molecule has 0 saturated heterocycles. The van der Waals surface area contributed by atoms with E-state index in [0.29, 0.717) is 13.0 Å². The number of hydrogen-bond acceptors (Lipinski definition) is 3. The van der Waals surface area contributed by atoms with Gasteiger partial charge in [0.2, 0.25) is 0 Å². The summed E-state index contributed by atoms with van der Waals surface area (Å²) in [6.45, 7) is 4.51. The number of nitrogens with one attached hydrogen (secondary N) is 1. The molecule has 0 heterocycles. The average Bonchev–Trinajstić information content (AvgIpc) is 2.34. The maximum atomic E-state index is 11.0. The van der Waals surface area contributed by atoms with E-state index < -0.39 is 12.0 Å². The number of rotatable bonds is 7. The van der Waals surface area contributed by atoms with Gasteiger partial charge < -0.3 is 15.2 Å². The van der Waals surface area contributed by atoms with E-state index in [0.717, 1.165) is 23.3 Å². The fourth-order valence-corrected chi connectivity index (χ4v) is 1.89. The molecule has 1 aromatic rings. The summed E-state index contributed by atoms with van der Waals surface area (Å²) in [5.74, 6) is 0.0594. The fraction of sp³-hybridized carbons (Fsp3) is 0.500. The quantitative estimate of drug-likeness (QED) is 0.781. The molecule has 0 aliphatic heterocycles. The van der Waals surface area contributed by atoms with Gasteiger partial charge in [0.25, 0.3) is 0 Å². The van der Waals surface area contributed by atoms with Gasteiger partial charge in [-0.1, -0.05) is 25.5 Å². The van der Waals surface area contributed by atoms with Crippen molar-refractivity contribution in [2.45, 2.75) is 39.3 Å². The van der Waals surface area contributed by atoms with Crippen LogP contribution in [0.3, 0.4) is 0 Å². The van der Waals surface area contributed by atoms with E-state index in [1.807, 2.05) is 32.0 Å². The standard InChI is InChI=1S/C14H21NO3/c1-4-5-12(14(16)17)15-9-11-6-7-13(18-3)10(2)8-11/h6-8,12,15H,4-5,9H2,1-3H3,(H,16,17). The molecular weight excluding hydrogens is 230 g/mol. The summed E-state index contributed by atoms with van der Waals surface area (Å²) in [7, 11) is 1.64. The summed E-state index contributed by atoms with van der Waals surface area (Å²) < 4.78 is 5.19. The van der Waals surface area contributed by atoms with Crippen molar-refractivity contribution >= 4 is 5.97 Å². The second kappa shape index (κ2) is 7.01. The van der Waals surface area contributed by atoms with Crippen LogP contribution in [0.15, 0.2) is 18.2 Å². The number of ether oxygens (including phenoxy) is 1. The highest BCUT2D eigenvalue weighted by atomic mass is 16.5. The molecule has 100 valence electrons. The largest absolute Gasteiger partial charge is 0.496 e. The van der Waals surface area contributed by atoms with Crippen molar-refractivity contribution in [1.29, 1.82) is 0 Å². The van der Waals surface area contributed by atoms with Gasteiger partial charge in [-0.05, 0) is 30.5 Å². The lowest BCUT2D eigenvalue weighted by Crippen LogP contribution is -2.35. The third-order valence-electron chi connectivity index (χ3n) is 2.89. The lowest BCUT2D eigenvalue weighted by atomic mass is 10.1. The second-order valence-corrected chi connectivity index (χ2v) is 4.36. The van der Waals surface area contributed by atoms with Crippen LogP contribution >= 0.6 is 0 Å². The molecule has 4 heteroatoms. The van der Waals surface area contributed by atoms with E-state index in [4.69, 9.17) is 9.84 Å². The number of methoxy groups -OCH3 is 1. The molecule has 0 saturated carbocycles. The first kappa shape index (κ1) is 14.5. The van der Waals surface area contributed by atoms with Crippen LogP contribution in [-0.2, 0) is 11.3 Å². The lowest BCUT2D eigenvalue weighted by molar-refractivity contribution is -0.139. The van der Waals surface area contributed by atoms with Crippen LogP contribution in [0, 0.1) is 6.92 Å². The Balaban J connectivity index is 2.62. The summed E-state index contributed by atoms with van der Waals surface area (Å²) in [4.78, 5) is 11.0. The van der Waals surface area contributed by atoms with Gasteiger partial charge in [-0.15, -0.1) is 0 Å². The van der Waals surface area contributed by atoms with E-state index in [1.165, 1.54) is 0 Å². The van der Waals surface area contributed by atoms with Crippen LogP contribution in [0.25, 0.3) is 0 Å². The summed E-state index contributed by atoms with van der Waals surface area (Å²) in [5.41, 5.74) is 2.12. The fourth-order valence-electron chi connectivity index (χ4n) is 1.89. The predicted octanol–water partition coefficient (Wildman–Crippen LogP) is 2.35. The van der Waals surface area contributed by atoms with Crippen molar-refractivity contribution < 1.29 is 14.6 Å². The Morgan fingerprint density at radius 1 is 1.50 bits per heavy atom. The highest BCUT2D eigenvalue weighted by molar-refractivity contribution is 5.73. The van der Waals surface area contributed by atoms with E-state index in [9.17, 15) is 4.79 Å². The first-order valence-corrected chi connectivity index (χ1v) is 6.18. The van der Waals surface area contributed by atoms with Gasteiger partial charge in [0.05, 0.1) is 7.11 Å². The van der Waals surface area contributed by atoms with E-state index in [1.54, 1.807) is 7.11 Å². The molecule has 0 fully saturated rings. The third-order valence-corrected chi connectivity index (χ3v) is 2.89. The molecule has 1 aromatic carbocycles. The number of carboxylic acids is 1. The number of aliphatic carboxylic acids is 1. The third kappa shape index (κ3) is 4.04. The normalized spacial score (nSPS) is 12.2. The molecule has 0 bridgehead atoms. The van der Waals surface area contributed by atoms with Crippen molar-refractivity contribution in [1.82, 2.24) is 5.32 Å². The van der Waals surface area contributed by atoms with Crippen LogP contribution in [0.5, 0.6) is 5.75 Å². The number of benzene rings is 1. The Bertz CT molecular complexity index is 404. The average molecular weight is 251 g/mol. The van der Waals surface area contributed by atoms with Gasteiger partial charge in [0.15, 0.2) is 0 Å². The predicted molar refractivity (Wildman–Crippen MR) is 70.9 cm³/mol. The summed E-state index contributed by atoms with van der Waals surface area (Å²) >= 11 is 0. The van der Waals surface area contributed by atoms with E-state index in [-0.39, 0.29) is 0 Å². The van der Waals surface area contributed by atoms with Gasteiger partial charge in [0.1, 0.15) is 11.8 Å². The molecule has 18 heavy (non-hydrogen) atoms. The molecule has 0 spiro atoms. The molecular formula is C14H21NO3. The molecule has 0 amide bonds. The van der Waals surface area contributed by atoms with Gasteiger partial charge >= 0.3 is 5.97 Å². The van der Waals surface area contributed by atoms with E-state index >= 15 is 0 Å². The van der Waals surface area contributed by atoms with Crippen molar-refractivity contribution in [2.75, 3.05) is 7.11 Å². The summed E-state index contributed by atoms with van der Waals surface area (Å²) in [6.07, 6.45) is 1.50. The minimum absolute atomic E-state index is 0.475. The Hall–Kier alpha value is -1.55. The topological polar surface area (TPSA) is 58.6 Å². The van der Waals surface area contributed by atoms with Crippen LogP contribution in [0.1, 0.15) is 30.9 Å². The van der Waals surface area contributed by atoms with Crippen molar-refractivity contribution in [3.63, 3.8) is 0 Å². The molecule has 0 radical (unpaired) electrons. The Kier molecular flexibility index (Phi) is 5.65. The Morgan fingerprint density at radius 3 is 2.72 bits per heavy atom. The molecule has 2 N–H and O–H groups in total. The Morgan fingerprint density at radius 2 is 2.22 bits per heavy atom. The number of carbonyl (C=O) groups is 1. The molecule has 4 nitrogen and oxygen atoms in total. The Labute approximate surface area is 108 Å². The molecule has 0 aliphatic rings. The molecule has 1 atom stereocenters. The van der Waals surface area contributed by atoms with Crippen LogP contribution in [-0.4, -0.2) is 24.2 Å². The maximum absolute atomic E-state index is 11.0. The van der Waals surface area contributed by atoms with Crippen LogP contribution < -0.4 is 10.1 Å². The first-order chi connectivity index (χ1) is 8.58. The highest BCUT2D eigenvalue weighted by Gasteiger charge is 2.15. The molecule has 0 aromatic heterocycles. The minimum Gasteiger partial charge on any atom is -0.496 e. The molecule has 0 aliphatic carbocycles. The second-order valence-electron chi connectivity index (χ2n) is 4.36. The van der Waals surface area contributed by atoms with Crippen molar-refractivity contribution in [3.05, 3.63) is 29.3 Å². The van der Waals surface area contributed by atoms with Gasteiger partial charge in [0, 0.05) is 6.54 Å². The van der Waals surface area contributed by atoms with Crippen LogP contribution in [0.2, 0.25) is 0 Å². The molecule has 1 rings (SSSR count). The monoisotopic (exact) mass is 251 g/mol. The van der Waals surface area contributed by atoms with Crippen molar-refractivity contribution in [3.8, 4) is 5.75 Å². The van der Waals surface area contributed by atoms with Crippen molar-refractivity contribution in [2.24, 2.45) is 0 Å². The molecule has 1 unspecified atom stereocenters. The number of carboxylic acid groups (broad SMARTS) is 1. The smallest absolute Gasteiger partial charge is 0.320 e. The SMILES string of the molecule is CCCC(NCc1ccc(OC)c(C)c1)C(=O)O. The first-order valence-electron chi connectivity index (χ1n) is 6.18. The van der Waals surface area contributed by atoms with Crippen LogP contribution in [0.4, 0.5) is 0 Å². The van der Waals surface area contributed by atoms with Gasteiger partial charge in [-0.3, -0.25) is 4.79 Å². The number of aryl methyl sites for hydroxylation is 1. The number of hydrogen-bond donors (Lipinski definition) is 2. The zero-order valence-electron chi connectivity index (χ0n) is 11.2. The summed E-state index contributed by atoms with van der Waals surface area (Å²) in [5, 5.41) is 12.1. The van der Waals surface area contributed by atoms with Gasteiger partial charge in [-0.25, -0.2) is 0 Å². The highest BCUT2D eigenvalue weighted by Crippen LogP contribution is 2.18. The minimum atomic E-state index is -0.790. The maximum Gasteiger partial charge on any atom is 0.320 e. The van der Waals surface area contributed by atoms with E-state index in [2.05, 4.69) is 5.32 Å².